The summed E-state index contributed by atoms with van der Waals surface area (Å²) in [6.45, 7) is 1.94. The summed E-state index contributed by atoms with van der Waals surface area (Å²) < 4.78 is 0. The molecule has 0 saturated heterocycles. The first-order valence-electron chi connectivity index (χ1n) is 6.75. The van der Waals surface area contributed by atoms with E-state index in [0.29, 0.717) is 6.42 Å². The number of hydrogen-bond acceptors (Lipinski definition) is 3. The molecule has 1 aliphatic rings. The van der Waals surface area contributed by atoms with Gasteiger partial charge in [-0.25, -0.2) is 9.97 Å². The van der Waals surface area contributed by atoms with Gasteiger partial charge in [-0.3, -0.25) is 4.79 Å². The number of hydrogen-bond donors (Lipinski definition) is 1. The zero-order valence-corrected chi connectivity index (χ0v) is 11.2. The van der Waals surface area contributed by atoms with Gasteiger partial charge in [0.15, 0.2) is 0 Å². The number of nitrogens with zero attached hydrogens (tertiary/aromatic N) is 2. The average molecular weight is 268 g/mol. The van der Waals surface area contributed by atoms with Crippen molar-refractivity contribution in [2.75, 3.05) is 0 Å². The van der Waals surface area contributed by atoms with Gasteiger partial charge in [0.05, 0.1) is 5.41 Å². The molecule has 1 fully saturated rings. The molecule has 1 aromatic heterocycles. The molecule has 0 spiro atoms. The maximum atomic E-state index is 11.8. The Morgan fingerprint density at radius 2 is 1.75 bits per heavy atom. The van der Waals surface area contributed by atoms with Gasteiger partial charge in [-0.1, -0.05) is 37.3 Å². The third-order valence-electron chi connectivity index (χ3n) is 4.42. The van der Waals surface area contributed by atoms with Crippen molar-refractivity contribution in [1.29, 1.82) is 0 Å². The zero-order chi connectivity index (χ0) is 14.2. The van der Waals surface area contributed by atoms with Crippen LogP contribution in [0.15, 0.2) is 49.1 Å². The quantitative estimate of drug-likeness (QED) is 0.926. The van der Waals surface area contributed by atoms with E-state index >= 15 is 0 Å². The van der Waals surface area contributed by atoms with E-state index in [0.717, 1.165) is 11.1 Å². The number of carboxylic acid groups (broad SMARTS) is 1. The Morgan fingerprint density at radius 3 is 2.30 bits per heavy atom. The van der Waals surface area contributed by atoms with Gasteiger partial charge in [-0.05, 0) is 17.5 Å². The first kappa shape index (κ1) is 12.8. The van der Waals surface area contributed by atoms with Crippen LogP contribution < -0.4 is 0 Å². The molecular weight excluding hydrogens is 252 g/mol. The van der Waals surface area contributed by atoms with E-state index in [2.05, 4.69) is 9.97 Å². The fraction of sp³-hybridized carbons (Fsp3) is 0.312. The molecule has 3 unspecified atom stereocenters. The summed E-state index contributed by atoms with van der Waals surface area (Å²) in [4.78, 5) is 19.9. The molecular formula is C16H16N2O2. The molecule has 0 aliphatic heterocycles. The van der Waals surface area contributed by atoms with Gasteiger partial charge in [-0.2, -0.15) is 0 Å². The van der Waals surface area contributed by atoms with E-state index in [-0.39, 0.29) is 11.8 Å². The van der Waals surface area contributed by atoms with Gasteiger partial charge in [0.25, 0.3) is 0 Å². The molecule has 4 nitrogen and oxygen atoms in total. The third-order valence-corrected chi connectivity index (χ3v) is 4.42. The van der Waals surface area contributed by atoms with Crippen LogP contribution in [0.1, 0.15) is 36.3 Å². The van der Waals surface area contributed by atoms with Crippen molar-refractivity contribution >= 4 is 5.97 Å². The fourth-order valence-corrected chi connectivity index (χ4v) is 3.41. The Hall–Kier alpha value is -2.23. The van der Waals surface area contributed by atoms with Gasteiger partial charge < -0.3 is 5.11 Å². The highest BCUT2D eigenvalue weighted by Gasteiger charge is 2.69. The van der Waals surface area contributed by atoms with Crippen LogP contribution in [-0.4, -0.2) is 21.0 Å². The van der Waals surface area contributed by atoms with E-state index in [4.69, 9.17) is 0 Å². The number of carbonyl (C=O) groups is 1. The summed E-state index contributed by atoms with van der Waals surface area (Å²) in [5, 5.41) is 9.73. The molecule has 0 bridgehead atoms. The highest BCUT2D eigenvalue weighted by atomic mass is 16.4. The second kappa shape index (κ2) is 4.71. The molecule has 1 aliphatic carbocycles. The number of benzene rings is 1. The number of aromatic nitrogens is 2. The Kier molecular flexibility index (Phi) is 3.01. The highest BCUT2D eigenvalue weighted by Crippen LogP contribution is 2.71. The highest BCUT2D eigenvalue weighted by molar-refractivity contribution is 5.83. The van der Waals surface area contributed by atoms with Gasteiger partial charge >= 0.3 is 5.97 Å². The minimum atomic E-state index is -0.734. The predicted molar refractivity (Wildman–Crippen MR) is 74.3 cm³/mol. The lowest BCUT2D eigenvalue weighted by atomic mass is 9.95. The van der Waals surface area contributed by atoms with Gasteiger partial charge in [0.1, 0.15) is 6.33 Å². The predicted octanol–water partition coefficient (Wildman–Crippen LogP) is 2.84. The molecule has 4 heteroatoms. The topological polar surface area (TPSA) is 63.1 Å². The van der Waals surface area contributed by atoms with Crippen LogP contribution in [0.2, 0.25) is 0 Å². The molecule has 3 rings (SSSR count). The maximum Gasteiger partial charge on any atom is 0.310 e. The standard InChI is InChI=1S/C16H16N2O2/c1-2-16(15(19)20)13(11-6-4-3-5-7-11)14(16)12-8-17-10-18-9-12/h3-10,13-14H,2H2,1H3,(H,19,20). The molecule has 102 valence electrons. The van der Waals surface area contributed by atoms with E-state index in [1.54, 1.807) is 12.4 Å². The number of rotatable bonds is 4. The van der Waals surface area contributed by atoms with Crippen molar-refractivity contribution in [3.8, 4) is 0 Å². The van der Waals surface area contributed by atoms with Crippen molar-refractivity contribution in [2.45, 2.75) is 25.2 Å². The Morgan fingerprint density at radius 1 is 1.15 bits per heavy atom. The zero-order valence-electron chi connectivity index (χ0n) is 11.2. The van der Waals surface area contributed by atoms with Crippen molar-refractivity contribution in [3.05, 3.63) is 60.2 Å². The van der Waals surface area contributed by atoms with Gasteiger partial charge in [-0.15, -0.1) is 0 Å². The molecule has 1 saturated carbocycles. The van der Waals surface area contributed by atoms with Crippen molar-refractivity contribution in [3.63, 3.8) is 0 Å². The van der Waals surface area contributed by atoms with Crippen LogP contribution in [-0.2, 0) is 4.79 Å². The lowest BCUT2D eigenvalue weighted by Gasteiger charge is -2.09. The van der Waals surface area contributed by atoms with Gasteiger partial charge in [0.2, 0.25) is 0 Å². The molecule has 0 amide bonds. The van der Waals surface area contributed by atoms with Crippen molar-refractivity contribution in [2.24, 2.45) is 5.41 Å². The summed E-state index contributed by atoms with van der Waals surface area (Å²) in [7, 11) is 0. The lowest BCUT2D eigenvalue weighted by molar-refractivity contribution is -0.143. The van der Waals surface area contributed by atoms with Crippen molar-refractivity contribution in [1.82, 2.24) is 9.97 Å². The first-order chi connectivity index (χ1) is 9.71. The SMILES string of the molecule is CCC1(C(=O)O)C(c2ccccc2)C1c1cncnc1. The largest absolute Gasteiger partial charge is 0.481 e. The summed E-state index contributed by atoms with van der Waals surface area (Å²) >= 11 is 0. The van der Waals surface area contributed by atoms with E-state index in [1.807, 2.05) is 37.3 Å². The van der Waals surface area contributed by atoms with Crippen LogP contribution in [0.4, 0.5) is 0 Å². The van der Waals surface area contributed by atoms with E-state index < -0.39 is 11.4 Å². The fourth-order valence-electron chi connectivity index (χ4n) is 3.41. The number of aliphatic carboxylic acids is 1. The Balaban J connectivity index is 2.06. The molecule has 1 N–H and O–H groups in total. The van der Waals surface area contributed by atoms with E-state index in [9.17, 15) is 9.90 Å². The Labute approximate surface area is 117 Å². The summed E-state index contributed by atoms with van der Waals surface area (Å²) in [6.07, 6.45) is 5.53. The summed E-state index contributed by atoms with van der Waals surface area (Å²) in [5.74, 6) is -0.784. The molecule has 0 radical (unpaired) electrons. The molecule has 3 atom stereocenters. The molecule has 1 heterocycles. The van der Waals surface area contributed by atoms with Crippen LogP contribution in [0.25, 0.3) is 0 Å². The number of carboxylic acids is 1. The second-order valence-corrected chi connectivity index (χ2v) is 5.24. The van der Waals surface area contributed by atoms with Gasteiger partial charge in [0, 0.05) is 24.2 Å². The Bertz CT molecular complexity index is 567. The second-order valence-electron chi connectivity index (χ2n) is 5.24. The average Bonchev–Trinajstić information content (AvgIpc) is 3.19. The minimum Gasteiger partial charge on any atom is -0.481 e. The van der Waals surface area contributed by atoms with Crippen LogP contribution in [0.5, 0.6) is 0 Å². The minimum absolute atomic E-state index is 0.00259. The first-order valence-corrected chi connectivity index (χ1v) is 6.75. The normalized spacial score (nSPS) is 28.1. The van der Waals surface area contributed by atoms with Crippen LogP contribution in [0, 0.1) is 5.41 Å². The monoisotopic (exact) mass is 268 g/mol. The lowest BCUT2D eigenvalue weighted by Crippen LogP contribution is -2.17. The third kappa shape index (κ3) is 1.72. The molecule has 2 aromatic rings. The van der Waals surface area contributed by atoms with Crippen LogP contribution >= 0.6 is 0 Å². The van der Waals surface area contributed by atoms with Crippen LogP contribution in [0.3, 0.4) is 0 Å². The molecule has 1 aromatic carbocycles. The summed E-state index contributed by atoms with van der Waals surface area (Å²) in [5.41, 5.74) is 1.25. The maximum absolute atomic E-state index is 11.8. The summed E-state index contributed by atoms with van der Waals surface area (Å²) in [6, 6.07) is 9.85. The smallest absolute Gasteiger partial charge is 0.310 e. The molecule has 20 heavy (non-hydrogen) atoms. The van der Waals surface area contributed by atoms with E-state index in [1.165, 1.54) is 6.33 Å². The van der Waals surface area contributed by atoms with Crippen molar-refractivity contribution < 1.29 is 9.90 Å².